The summed E-state index contributed by atoms with van der Waals surface area (Å²) in [5.41, 5.74) is 1.29. The number of carbonyl (C=O) groups excluding carboxylic acids is 1. The number of hydrogen-bond donors (Lipinski definition) is 2. The fourth-order valence-corrected chi connectivity index (χ4v) is 2.92. The van der Waals surface area contributed by atoms with E-state index in [1.54, 1.807) is 13.1 Å². The van der Waals surface area contributed by atoms with Gasteiger partial charge in [0.05, 0.1) is 10.2 Å². The summed E-state index contributed by atoms with van der Waals surface area (Å²) in [6, 6.07) is 10.9. The first kappa shape index (κ1) is 13.8. The largest absolute Gasteiger partial charge is 0.373 e. The maximum Gasteiger partial charge on any atom is 0.257 e. The Morgan fingerprint density at radius 3 is 2.81 bits per heavy atom. The summed E-state index contributed by atoms with van der Waals surface area (Å²) >= 11 is 7.32. The molecular formula is C14H11ClN4OS. The normalized spacial score (nSPS) is 10.6. The molecule has 0 aliphatic rings. The molecule has 7 heteroatoms. The molecule has 0 bridgehead atoms. The van der Waals surface area contributed by atoms with Gasteiger partial charge in [0.1, 0.15) is 11.0 Å². The van der Waals surface area contributed by atoms with Gasteiger partial charge in [0, 0.05) is 12.6 Å². The van der Waals surface area contributed by atoms with Crippen LogP contribution in [0.15, 0.2) is 36.4 Å². The lowest BCUT2D eigenvalue weighted by molar-refractivity contribution is 0.102. The molecule has 3 rings (SSSR count). The second kappa shape index (κ2) is 5.67. The molecule has 0 aliphatic heterocycles. The van der Waals surface area contributed by atoms with Crippen LogP contribution in [0.2, 0.25) is 5.15 Å². The highest BCUT2D eigenvalue weighted by Crippen LogP contribution is 2.26. The van der Waals surface area contributed by atoms with Gasteiger partial charge in [-0.15, -0.1) is 0 Å². The zero-order valence-corrected chi connectivity index (χ0v) is 12.6. The Labute approximate surface area is 130 Å². The van der Waals surface area contributed by atoms with Gasteiger partial charge in [-0.1, -0.05) is 35.1 Å². The summed E-state index contributed by atoms with van der Waals surface area (Å²) in [5, 5.41) is 6.46. The molecule has 0 aliphatic carbocycles. The highest BCUT2D eigenvalue weighted by Gasteiger charge is 2.12. The van der Waals surface area contributed by atoms with Gasteiger partial charge in [0.2, 0.25) is 0 Å². The molecule has 2 heterocycles. The number of halogens is 1. The van der Waals surface area contributed by atoms with Crippen molar-refractivity contribution in [3.05, 3.63) is 47.1 Å². The summed E-state index contributed by atoms with van der Waals surface area (Å²) < 4.78 is 1.02. The average molecular weight is 319 g/mol. The van der Waals surface area contributed by atoms with E-state index in [0.29, 0.717) is 16.5 Å². The van der Waals surface area contributed by atoms with Gasteiger partial charge < -0.3 is 5.32 Å². The third-order valence-electron chi connectivity index (χ3n) is 2.83. The summed E-state index contributed by atoms with van der Waals surface area (Å²) in [5.74, 6) is 0.270. The summed E-state index contributed by atoms with van der Waals surface area (Å²) in [4.78, 5) is 20.7. The Hall–Kier alpha value is -2.18. The number of hydrogen-bond acceptors (Lipinski definition) is 5. The monoisotopic (exact) mass is 318 g/mol. The highest BCUT2D eigenvalue weighted by atomic mass is 35.5. The van der Waals surface area contributed by atoms with Crippen LogP contribution in [0.3, 0.4) is 0 Å². The molecule has 2 N–H and O–H groups in total. The number of benzene rings is 1. The molecule has 3 aromatic rings. The fourth-order valence-electron chi connectivity index (χ4n) is 1.85. The van der Waals surface area contributed by atoms with Crippen LogP contribution >= 0.6 is 22.9 Å². The van der Waals surface area contributed by atoms with Crippen molar-refractivity contribution in [2.24, 2.45) is 0 Å². The zero-order chi connectivity index (χ0) is 14.8. The third-order valence-corrected chi connectivity index (χ3v) is 3.97. The highest BCUT2D eigenvalue weighted by molar-refractivity contribution is 7.22. The minimum atomic E-state index is -0.269. The van der Waals surface area contributed by atoms with Gasteiger partial charge in [-0.05, 0) is 24.3 Å². The van der Waals surface area contributed by atoms with Crippen molar-refractivity contribution in [1.29, 1.82) is 0 Å². The average Bonchev–Trinajstić information content (AvgIpc) is 2.88. The van der Waals surface area contributed by atoms with Gasteiger partial charge in [-0.25, -0.2) is 9.97 Å². The molecule has 1 amide bonds. The Morgan fingerprint density at radius 1 is 1.24 bits per heavy atom. The minimum Gasteiger partial charge on any atom is -0.373 e. The number of aromatic nitrogens is 2. The second-order valence-corrected chi connectivity index (χ2v) is 5.67. The van der Waals surface area contributed by atoms with Crippen LogP contribution < -0.4 is 10.6 Å². The predicted molar refractivity (Wildman–Crippen MR) is 86.4 cm³/mol. The summed E-state index contributed by atoms with van der Waals surface area (Å²) in [6.45, 7) is 0. The topological polar surface area (TPSA) is 66.9 Å². The van der Waals surface area contributed by atoms with Crippen LogP contribution in [0.5, 0.6) is 0 Å². The Bertz CT molecular complexity index is 785. The quantitative estimate of drug-likeness (QED) is 0.724. The van der Waals surface area contributed by atoms with E-state index in [1.807, 2.05) is 24.3 Å². The summed E-state index contributed by atoms with van der Waals surface area (Å²) in [7, 11) is 1.72. The fraction of sp³-hybridized carbons (Fsp3) is 0.0714. The molecule has 0 atom stereocenters. The minimum absolute atomic E-state index is 0.260. The van der Waals surface area contributed by atoms with Crippen LogP contribution in [0.1, 0.15) is 10.4 Å². The number of para-hydroxylation sites is 1. The molecule has 2 aromatic heterocycles. The number of rotatable bonds is 3. The van der Waals surface area contributed by atoms with E-state index in [1.165, 1.54) is 17.4 Å². The molecule has 0 saturated heterocycles. The molecule has 0 spiro atoms. The van der Waals surface area contributed by atoms with Gasteiger partial charge in [-0.2, -0.15) is 0 Å². The SMILES string of the molecule is CNc1cc(C(=O)Nc2nc3ccccc3s2)cc(Cl)n1. The molecule has 21 heavy (non-hydrogen) atoms. The molecule has 0 saturated carbocycles. The number of nitrogens with one attached hydrogen (secondary N) is 2. The lowest BCUT2D eigenvalue weighted by atomic mass is 10.2. The van der Waals surface area contributed by atoms with Crippen molar-refractivity contribution in [3.63, 3.8) is 0 Å². The molecule has 0 unspecified atom stereocenters. The van der Waals surface area contributed by atoms with E-state index in [0.717, 1.165) is 10.2 Å². The Balaban J connectivity index is 1.87. The lowest BCUT2D eigenvalue weighted by Gasteiger charge is -2.05. The van der Waals surface area contributed by atoms with Crippen LogP contribution in [-0.4, -0.2) is 22.9 Å². The number of nitrogens with zero attached hydrogens (tertiary/aromatic N) is 2. The molecular weight excluding hydrogens is 308 g/mol. The number of thiazole rings is 1. The van der Waals surface area contributed by atoms with Crippen LogP contribution in [0.4, 0.5) is 10.9 Å². The van der Waals surface area contributed by atoms with Crippen molar-refractivity contribution in [3.8, 4) is 0 Å². The van der Waals surface area contributed by atoms with Crippen LogP contribution in [0.25, 0.3) is 10.2 Å². The second-order valence-electron chi connectivity index (χ2n) is 4.25. The van der Waals surface area contributed by atoms with E-state index in [9.17, 15) is 4.79 Å². The van der Waals surface area contributed by atoms with Crippen molar-refractivity contribution < 1.29 is 4.79 Å². The van der Waals surface area contributed by atoms with E-state index in [-0.39, 0.29) is 11.1 Å². The van der Waals surface area contributed by atoms with Gasteiger partial charge in [0.15, 0.2) is 5.13 Å². The molecule has 0 fully saturated rings. The maximum atomic E-state index is 12.3. The smallest absolute Gasteiger partial charge is 0.257 e. The first-order chi connectivity index (χ1) is 10.2. The number of pyridine rings is 1. The summed E-state index contributed by atoms with van der Waals surface area (Å²) in [6.07, 6.45) is 0. The van der Waals surface area contributed by atoms with E-state index in [2.05, 4.69) is 20.6 Å². The van der Waals surface area contributed by atoms with Crippen molar-refractivity contribution in [2.75, 3.05) is 17.7 Å². The molecule has 1 aromatic carbocycles. The maximum absolute atomic E-state index is 12.3. The number of anilines is 2. The molecule has 5 nitrogen and oxygen atoms in total. The molecule has 0 radical (unpaired) electrons. The zero-order valence-electron chi connectivity index (χ0n) is 11.1. The Kier molecular flexibility index (Phi) is 3.72. The number of fused-ring (bicyclic) bond motifs is 1. The van der Waals surface area contributed by atoms with E-state index >= 15 is 0 Å². The van der Waals surface area contributed by atoms with Crippen LogP contribution in [-0.2, 0) is 0 Å². The third kappa shape index (κ3) is 2.96. The van der Waals surface area contributed by atoms with Crippen LogP contribution in [0, 0.1) is 0 Å². The van der Waals surface area contributed by atoms with Crippen molar-refractivity contribution in [1.82, 2.24) is 9.97 Å². The first-order valence-corrected chi connectivity index (χ1v) is 7.37. The van der Waals surface area contributed by atoms with Gasteiger partial charge in [0.25, 0.3) is 5.91 Å². The standard InChI is InChI=1S/C14H11ClN4OS/c1-16-12-7-8(6-11(15)18-12)13(20)19-14-17-9-4-2-3-5-10(9)21-14/h2-7H,1H3,(H,16,18)(H,17,19,20). The van der Waals surface area contributed by atoms with E-state index < -0.39 is 0 Å². The van der Waals surface area contributed by atoms with Crippen molar-refractivity contribution in [2.45, 2.75) is 0 Å². The number of carbonyl (C=O) groups is 1. The van der Waals surface area contributed by atoms with E-state index in [4.69, 9.17) is 11.6 Å². The molecule has 106 valence electrons. The lowest BCUT2D eigenvalue weighted by Crippen LogP contribution is -2.12. The first-order valence-electron chi connectivity index (χ1n) is 6.18. The predicted octanol–water partition coefficient (Wildman–Crippen LogP) is 3.64. The van der Waals surface area contributed by atoms with Gasteiger partial charge in [-0.3, -0.25) is 10.1 Å². The van der Waals surface area contributed by atoms with Gasteiger partial charge >= 0.3 is 0 Å². The van der Waals surface area contributed by atoms with Crippen molar-refractivity contribution >= 4 is 50.0 Å². The Morgan fingerprint density at radius 2 is 2.05 bits per heavy atom. The number of amides is 1.